The maximum absolute atomic E-state index is 13.4. The SMILES string of the molecule is Cc1c(C(=O)NC2CN(c3ccc4nccn4n3)CC2CNC(N)=O)c(=O)n(-c2ccccc2)n1C. The van der Waals surface area contributed by atoms with Gasteiger partial charge in [-0.25, -0.2) is 19.0 Å². The number of imidazole rings is 1. The summed E-state index contributed by atoms with van der Waals surface area (Å²) in [6.45, 7) is 2.99. The molecule has 2 unspecified atom stereocenters. The third-order valence-electron chi connectivity index (χ3n) is 6.64. The molecule has 0 aliphatic carbocycles. The highest BCUT2D eigenvalue weighted by molar-refractivity contribution is 5.95. The number of para-hydroxylation sites is 1. The normalized spacial score (nSPS) is 17.4. The molecule has 0 radical (unpaired) electrons. The lowest BCUT2D eigenvalue weighted by Gasteiger charge is -2.19. The molecule has 186 valence electrons. The van der Waals surface area contributed by atoms with Crippen LogP contribution in [0.25, 0.3) is 11.3 Å². The van der Waals surface area contributed by atoms with Gasteiger partial charge in [-0.3, -0.25) is 14.3 Å². The molecule has 4 heterocycles. The lowest BCUT2D eigenvalue weighted by molar-refractivity contribution is 0.0930. The van der Waals surface area contributed by atoms with E-state index >= 15 is 0 Å². The Labute approximate surface area is 206 Å². The van der Waals surface area contributed by atoms with Gasteiger partial charge in [0.15, 0.2) is 5.65 Å². The number of primary amides is 1. The van der Waals surface area contributed by atoms with Gasteiger partial charge in [0, 0.05) is 45.0 Å². The fourth-order valence-corrected chi connectivity index (χ4v) is 4.70. The van der Waals surface area contributed by atoms with Gasteiger partial charge in [-0.1, -0.05) is 18.2 Å². The molecule has 12 nitrogen and oxygen atoms in total. The number of carbonyl (C=O) groups is 2. The first-order chi connectivity index (χ1) is 17.3. The maximum atomic E-state index is 13.4. The number of benzene rings is 1. The molecular weight excluding hydrogens is 462 g/mol. The fraction of sp³-hybridized carbons (Fsp3) is 0.292. The van der Waals surface area contributed by atoms with Crippen LogP contribution in [0.5, 0.6) is 0 Å². The second-order valence-corrected chi connectivity index (χ2v) is 8.85. The van der Waals surface area contributed by atoms with E-state index in [1.54, 1.807) is 35.6 Å². The van der Waals surface area contributed by atoms with E-state index in [0.717, 1.165) is 5.65 Å². The second kappa shape index (κ2) is 9.21. The summed E-state index contributed by atoms with van der Waals surface area (Å²) in [5.74, 6) is 0.0995. The molecule has 3 aromatic heterocycles. The van der Waals surface area contributed by atoms with Crippen molar-refractivity contribution in [3.8, 4) is 5.69 Å². The van der Waals surface area contributed by atoms with Crippen molar-refractivity contribution in [2.75, 3.05) is 24.5 Å². The van der Waals surface area contributed by atoms with Gasteiger partial charge in [0.25, 0.3) is 11.5 Å². The highest BCUT2D eigenvalue weighted by atomic mass is 16.2. The van der Waals surface area contributed by atoms with E-state index in [4.69, 9.17) is 5.73 Å². The Kier molecular flexibility index (Phi) is 5.92. The van der Waals surface area contributed by atoms with Crippen molar-refractivity contribution >= 4 is 23.4 Å². The van der Waals surface area contributed by atoms with Crippen LogP contribution in [-0.2, 0) is 7.05 Å². The zero-order chi connectivity index (χ0) is 25.4. The Balaban J connectivity index is 1.41. The van der Waals surface area contributed by atoms with Gasteiger partial charge in [-0.15, -0.1) is 5.10 Å². The van der Waals surface area contributed by atoms with E-state index in [2.05, 4.69) is 20.7 Å². The molecule has 36 heavy (non-hydrogen) atoms. The third kappa shape index (κ3) is 4.17. The number of urea groups is 1. The van der Waals surface area contributed by atoms with Crippen LogP contribution in [0.15, 0.2) is 59.7 Å². The van der Waals surface area contributed by atoms with Crippen LogP contribution < -0.4 is 26.8 Å². The van der Waals surface area contributed by atoms with E-state index in [-0.39, 0.29) is 24.1 Å². The summed E-state index contributed by atoms with van der Waals surface area (Å²) in [5.41, 5.74) is 6.93. The van der Waals surface area contributed by atoms with Crippen LogP contribution in [-0.4, -0.2) is 61.6 Å². The molecule has 5 rings (SSSR count). The molecule has 1 aliphatic heterocycles. The molecule has 2 atom stereocenters. The Morgan fingerprint density at radius 1 is 1.14 bits per heavy atom. The Morgan fingerprint density at radius 2 is 1.92 bits per heavy atom. The average Bonchev–Trinajstić information content (AvgIpc) is 3.54. The molecule has 12 heteroatoms. The molecule has 0 bridgehead atoms. The Hall–Kier alpha value is -4.61. The number of hydrogen-bond donors (Lipinski definition) is 3. The zero-order valence-electron chi connectivity index (χ0n) is 20.0. The number of carbonyl (C=O) groups excluding carboxylic acids is 2. The fourth-order valence-electron chi connectivity index (χ4n) is 4.70. The van der Waals surface area contributed by atoms with Gasteiger partial charge in [0.2, 0.25) is 0 Å². The molecule has 1 fully saturated rings. The summed E-state index contributed by atoms with van der Waals surface area (Å²) < 4.78 is 4.82. The number of aromatic nitrogens is 5. The van der Waals surface area contributed by atoms with Gasteiger partial charge in [0.05, 0.1) is 17.4 Å². The summed E-state index contributed by atoms with van der Waals surface area (Å²) >= 11 is 0. The molecule has 1 saturated heterocycles. The van der Waals surface area contributed by atoms with Crippen molar-refractivity contribution < 1.29 is 9.59 Å². The first-order valence-electron chi connectivity index (χ1n) is 11.6. The largest absolute Gasteiger partial charge is 0.353 e. The van der Waals surface area contributed by atoms with Crippen LogP contribution in [0.4, 0.5) is 10.6 Å². The van der Waals surface area contributed by atoms with E-state index in [0.29, 0.717) is 30.3 Å². The molecule has 3 amide bonds. The zero-order valence-corrected chi connectivity index (χ0v) is 20.0. The lowest BCUT2D eigenvalue weighted by atomic mass is 10.0. The summed E-state index contributed by atoms with van der Waals surface area (Å²) in [7, 11) is 1.75. The second-order valence-electron chi connectivity index (χ2n) is 8.85. The van der Waals surface area contributed by atoms with Crippen LogP contribution in [0.3, 0.4) is 0 Å². The van der Waals surface area contributed by atoms with Gasteiger partial charge in [0.1, 0.15) is 11.4 Å². The van der Waals surface area contributed by atoms with Gasteiger partial charge in [-0.05, 0) is 31.2 Å². The van der Waals surface area contributed by atoms with Gasteiger partial charge >= 0.3 is 6.03 Å². The molecule has 0 saturated carbocycles. The quantitative estimate of drug-likeness (QED) is 0.358. The summed E-state index contributed by atoms with van der Waals surface area (Å²) in [6, 6.07) is 11.9. The van der Waals surface area contributed by atoms with Crippen molar-refractivity contribution in [3.05, 3.63) is 76.5 Å². The van der Waals surface area contributed by atoms with Crippen molar-refractivity contribution in [1.29, 1.82) is 0 Å². The minimum Gasteiger partial charge on any atom is -0.353 e. The number of nitrogens with two attached hydrogens (primary N) is 1. The van der Waals surface area contributed by atoms with E-state index in [1.807, 2.05) is 47.4 Å². The van der Waals surface area contributed by atoms with Crippen LogP contribution >= 0.6 is 0 Å². The highest BCUT2D eigenvalue weighted by Crippen LogP contribution is 2.23. The smallest absolute Gasteiger partial charge is 0.312 e. The lowest BCUT2D eigenvalue weighted by Crippen LogP contribution is -2.46. The molecule has 4 aromatic rings. The highest BCUT2D eigenvalue weighted by Gasteiger charge is 2.36. The molecule has 1 aliphatic rings. The summed E-state index contributed by atoms with van der Waals surface area (Å²) in [6.07, 6.45) is 3.43. The predicted molar refractivity (Wildman–Crippen MR) is 133 cm³/mol. The minimum absolute atomic E-state index is 0.0828. The third-order valence-corrected chi connectivity index (χ3v) is 6.64. The molecule has 4 N–H and O–H groups in total. The Bertz CT molecular complexity index is 1490. The summed E-state index contributed by atoms with van der Waals surface area (Å²) in [4.78, 5) is 44.3. The van der Waals surface area contributed by atoms with Crippen molar-refractivity contribution in [1.82, 2.24) is 34.6 Å². The summed E-state index contributed by atoms with van der Waals surface area (Å²) in [5, 5.41) is 10.3. The number of amides is 3. The molecule has 1 aromatic carbocycles. The van der Waals surface area contributed by atoms with Crippen molar-refractivity contribution in [2.45, 2.75) is 13.0 Å². The minimum atomic E-state index is -0.638. The monoisotopic (exact) mass is 489 g/mol. The first kappa shape index (κ1) is 23.1. The van der Waals surface area contributed by atoms with Crippen LogP contribution in [0, 0.1) is 12.8 Å². The average molecular weight is 490 g/mol. The van der Waals surface area contributed by atoms with E-state index < -0.39 is 17.5 Å². The van der Waals surface area contributed by atoms with Crippen molar-refractivity contribution in [3.63, 3.8) is 0 Å². The van der Waals surface area contributed by atoms with Gasteiger partial charge < -0.3 is 21.3 Å². The predicted octanol–water partition coefficient (Wildman–Crippen LogP) is 0.430. The number of rotatable bonds is 6. The van der Waals surface area contributed by atoms with Crippen molar-refractivity contribution in [2.24, 2.45) is 18.7 Å². The van der Waals surface area contributed by atoms with E-state index in [1.165, 1.54) is 4.68 Å². The number of fused-ring (bicyclic) bond motifs is 1. The maximum Gasteiger partial charge on any atom is 0.312 e. The van der Waals surface area contributed by atoms with Crippen LogP contribution in [0.1, 0.15) is 16.1 Å². The number of hydrogen-bond acceptors (Lipinski definition) is 6. The Morgan fingerprint density at radius 3 is 2.67 bits per heavy atom. The van der Waals surface area contributed by atoms with Crippen LogP contribution in [0.2, 0.25) is 0 Å². The van der Waals surface area contributed by atoms with E-state index in [9.17, 15) is 14.4 Å². The standard InChI is InChI=1S/C24H27N9O3/c1-15-21(23(35)33(30(15)2)17-6-4-3-5-7-17)22(34)28-18-14-31(13-16(18)12-27-24(25)36)20-9-8-19-26-10-11-32(19)29-20/h3-11,16,18H,12-14H2,1-2H3,(H,28,34)(H3,25,27,36). The number of nitrogens with zero attached hydrogens (tertiary/aromatic N) is 6. The first-order valence-corrected chi connectivity index (χ1v) is 11.6. The van der Waals surface area contributed by atoms with Gasteiger partial charge in [-0.2, -0.15) is 0 Å². The molecule has 0 spiro atoms. The molecular formula is C24H27N9O3. The topological polar surface area (TPSA) is 145 Å². The number of nitrogens with one attached hydrogen (secondary N) is 2. The number of anilines is 1.